The van der Waals surface area contributed by atoms with Crippen LogP contribution in [0.2, 0.25) is 0 Å². The summed E-state index contributed by atoms with van der Waals surface area (Å²) in [4.78, 5) is 23.7. The molecule has 1 aliphatic rings. The highest BCUT2D eigenvalue weighted by atomic mass is 16.6. The van der Waals surface area contributed by atoms with Crippen LogP contribution < -0.4 is 4.74 Å². The standard InChI is InChI=1S/C12H13NO5/c1-13-9(11(14)15)10(18-12(13)16)7-3-5-8(17-2)6-4-7/h3-6,9-10H,1-2H3,(H,14,15). The lowest BCUT2D eigenvalue weighted by Crippen LogP contribution is -2.37. The molecule has 2 atom stereocenters. The predicted molar refractivity (Wildman–Crippen MR) is 61.4 cm³/mol. The van der Waals surface area contributed by atoms with E-state index in [9.17, 15) is 9.59 Å². The normalized spacial score (nSPS) is 22.8. The van der Waals surface area contributed by atoms with E-state index in [0.717, 1.165) is 4.90 Å². The Bertz CT molecular complexity index is 470. The lowest BCUT2D eigenvalue weighted by Gasteiger charge is -2.17. The molecule has 1 aliphatic heterocycles. The molecule has 18 heavy (non-hydrogen) atoms. The highest BCUT2D eigenvalue weighted by molar-refractivity contribution is 5.84. The molecular weight excluding hydrogens is 238 g/mol. The monoisotopic (exact) mass is 251 g/mol. The van der Waals surface area contributed by atoms with Crippen molar-refractivity contribution in [1.29, 1.82) is 0 Å². The Labute approximate surface area is 104 Å². The van der Waals surface area contributed by atoms with Crippen molar-refractivity contribution in [3.63, 3.8) is 0 Å². The number of cyclic esters (lactones) is 1. The van der Waals surface area contributed by atoms with Crippen molar-refractivity contribution in [2.75, 3.05) is 14.2 Å². The molecule has 1 N–H and O–H groups in total. The Balaban J connectivity index is 2.30. The number of likely N-dealkylation sites (N-methyl/N-ethyl adjacent to an activating group) is 1. The van der Waals surface area contributed by atoms with Gasteiger partial charge in [-0.25, -0.2) is 9.59 Å². The van der Waals surface area contributed by atoms with Gasteiger partial charge in [-0.15, -0.1) is 0 Å². The first kappa shape index (κ1) is 12.2. The van der Waals surface area contributed by atoms with E-state index in [1.165, 1.54) is 7.05 Å². The van der Waals surface area contributed by atoms with Crippen LogP contribution in [0.4, 0.5) is 4.79 Å². The van der Waals surface area contributed by atoms with Crippen molar-refractivity contribution in [3.8, 4) is 5.75 Å². The van der Waals surface area contributed by atoms with E-state index in [1.54, 1.807) is 31.4 Å². The number of ether oxygens (including phenoxy) is 2. The van der Waals surface area contributed by atoms with Crippen molar-refractivity contribution >= 4 is 12.1 Å². The van der Waals surface area contributed by atoms with Crippen LogP contribution >= 0.6 is 0 Å². The molecule has 1 saturated heterocycles. The number of aliphatic carboxylic acids is 1. The number of hydrogen-bond acceptors (Lipinski definition) is 4. The summed E-state index contributed by atoms with van der Waals surface area (Å²) in [7, 11) is 2.95. The lowest BCUT2D eigenvalue weighted by molar-refractivity contribution is -0.142. The summed E-state index contributed by atoms with van der Waals surface area (Å²) in [6.45, 7) is 0. The first-order valence-electron chi connectivity index (χ1n) is 5.35. The molecule has 2 unspecified atom stereocenters. The fraction of sp³-hybridized carbons (Fsp3) is 0.333. The summed E-state index contributed by atoms with van der Waals surface area (Å²) in [5.41, 5.74) is 0.626. The van der Waals surface area contributed by atoms with Crippen molar-refractivity contribution < 1.29 is 24.2 Å². The van der Waals surface area contributed by atoms with Gasteiger partial charge < -0.3 is 14.6 Å². The van der Waals surface area contributed by atoms with Crippen molar-refractivity contribution in [2.45, 2.75) is 12.1 Å². The number of carboxylic acid groups (broad SMARTS) is 1. The second-order valence-corrected chi connectivity index (χ2v) is 3.97. The third kappa shape index (κ3) is 1.97. The van der Waals surface area contributed by atoms with Gasteiger partial charge in [0.2, 0.25) is 0 Å². The summed E-state index contributed by atoms with van der Waals surface area (Å²) in [5, 5.41) is 9.14. The van der Waals surface area contributed by atoms with Gasteiger partial charge in [-0.05, 0) is 17.7 Å². The molecule has 1 amide bonds. The molecule has 0 aromatic heterocycles. The zero-order chi connectivity index (χ0) is 13.3. The first-order valence-corrected chi connectivity index (χ1v) is 5.35. The Morgan fingerprint density at radius 3 is 2.50 bits per heavy atom. The van der Waals surface area contributed by atoms with Gasteiger partial charge in [-0.2, -0.15) is 0 Å². The zero-order valence-corrected chi connectivity index (χ0v) is 9.99. The molecule has 0 saturated carbocycles. The summed E-state index contributed by atoms with van der Waals surface area (Å²) in [6, 6.07) is 5.75. The van der Waals surface area contributed by atoms with Gasteiger partial charge in [0, 0.05) is 7.05 Å². The van der Waals surface area contributed by atoms with Crippen molar-refractivity contribution in [1.82, 2.24) is 4.90 Å². The number of methoxy groups -OCH3 is 1. The van der Waals surface area contributed by atoms with E-state index in [2.05, 4.69) is 0 Å². The van der Waals surface area contributed by atoms with E-state index in [-0.39, 0.29) is 0 Å². The minimum atomic E-state index is -1.09. The van der Waals surface area contributed by atoms with Gasteiger partial charge in [0.25, 0.3) is 0 Å². The van der Waals surface area contributed by atoms with Crippen LogP contribution in [0.3, 0.4) is 0 Å². The predicted octanol–water partition coefficient (Wildman–Crippen LogP) is 1.27. The summed E-state index contributed by atoms with van der Waals surface area (Å²) in [6.07, 6.45) is -1.44. The van der Waals surface area contributed by atoms with Crippen LogP contribution in [0.15, 0.2) is 24.3 Å². The Hall–Kier alpha value is -2.24. The number of carboxylic acids is 1. The highest BCUT2D eigenvalue weighted by Crippen LogP contribution is 2.32. The van der Waals surface area contributed by atoms with Gasteiger partial charge >= 0.3 is 12.1 Å². The minimum Gasteiger partial charge on any atom is -0.497 e. The molecular formula is C12H13NO5. The van der Waals surface area contributed by atoms with E-state index in [0.29, 0.717) is 11.3 Å². The lowest BCUT2D eigenvalue weighted by atomic mass is 10.0. The Kier molecular flexibility index (Phi) is 3.10. The fourth-order valence-electron chi connectivity index (χ4n) is 1.91. The molecule has 0 radical (unpaired) electrons. The number of nitrogens with zero attached hydrogens (tertiary/aromatic N) is 1. The van der Waals surface area contributed by atoms with Crippen LogP contribution in [0.1, 0.15) is 11.7 Å². The maximum atomic E-state index is 11.4. The molecule has 1 aromatic carbocycles. The quantitative estimate of drug-likeness (QED) is 0.875. The number of carbonyl (C=O) groups is 2. The number of amides is 1. The molecule has 1 heterocycles. The van der Waals surface area contributed by atoms with Gasteiger partial charge in [0.05, 0.1) is 7.11 Å². The summed E-state index contributed by atoms with van der Waals surface area (Å²) >= 11 is 0. The van der Waals surface area contributed by atoms with Crippen molar-refractivity contribution in [3.05, 3.63) is 29.8 Å². The summed E-state index contributed by atoms with van der Waals surface area (Å²) < 4.78 is 10.1. The average Bonchev–Trinajstić information content (AvgIpc) is 2.66. The van der Waals surface area contributed by atoms with Crippen molar-refractivity contribution in [2.24, 2.45) is 0 Å². The third-order valence-electron chi connectivity index (χ3n) is 2.92. The van der Waals surface area contributed by atoms with Crippen LogP contribution in [0.25, 0.3) is 0 Å². The van der Waals surface area contributed by atoms with Crippen LogP contribution in [0, 0.1) is 0 Å². The first-order chi connectivity index (χ1) is 8.54. The van der Waals surface area contributed by atoms with Gasteiger partial charge in [-0.1, -0.05) is 12.1 Å². The number of benzene rings is 1. The van der Waals surface area contributed by atoms with Gasteiger partial charge in [0.15, 0.2) is 12.1 Å². The Morgan fingerprint density at radius 1 is 1.39 bits per heavy atom. The maximum absolute atomic E-state index is 11.4. The second-order valence-electron chi connectivity index (χ2n) is 3.97. The second kappa shape index (κ2) is 4.56. The smallest absolute Gasteiger partial charge is 0.411 e. The molecule has 96 valence electrons. The van der Waals surface area contributed by atoms with Crippen LogP contribution in [0.5, 0.6) is 5.75 Å². The van der Waals surface area contributed by atoms with Gasteiger partial charge in [-0.3, -0.25) is 4.90 Å². The Morgan fingerprint density at radius 2 is 2.00 bits per heavy atom. The average molecular weight is 251 g/mol. The largest absolute Gasteiger partial charge is 0.497 e. The number of hydrogen-bond donors (Lipinski definition) is 1. The maximum Gasteiger partial charge on any atom is 0.411 e. The SMILES string of the molecule is COc1ccc(C2OC(=O)N(C)C2C(=O)O)cc1. The van der Waals surface area contributed by atoms with E-state index < -0.39 is 24.2 Å². The number of rotatable bonds is 3. The van der Waals surface area contributed by atoms with E-state index in [4.69, 9.17) is 14.6 Å². The summed E-state index contributed by atoms with van der Waals surface area (Å²) in [5.74, 6) is -0.438. The molecule has 2 rings (SSSR count). The number of carbonyl (C=O) groups excluding carboxylic acids is 1. The zero-order valence-electron chi connectivity index (χ0n) is 9.99. The molecule has 1 aromatic rings. The van der Waals surface area contributed by atoms with E-state index >= 15 is 0 Å². The molecule has 0 spiro atoms. The molecule has 0 bridgehead atoms. The fourth-order valence-corrected chi connectivity index (χ4v) is 1.91. The molecule has 6 heteroatoms. The van der Waals surface area contributed by atoms with Crippen LogP contribution in [-0.4, -0.2) is 42.3 Å². The van der Waals surface area contributed by atoms with E-state index in [1.807, 2.05) is 0 Å². The molecule has 1 fully saturated rings. The third-order valence-corrected chi connectivity index (χ3v) is 2.92. The highest BCUT2D eigenvalue weighted by Gasteiger charge is 2.45. The topological polar surface area (TPSA) is 76.1 Å². The minimum absolute atomic E-state index is 0.626. The molecule has 6 nitrogen and oxygen atoms in total. The van der Waals surface area contributed by atoms with Gasteiger partial charge in [0.1, 0.15) is 5.75 Å². The molecule has 0 aliphatic carbocycles. The van der Waals surface area contributed by atoms with Crippen LogP contribution in [-0.2, 0) is 9.53 Å².